The fourth-order valence-electron chi connectivity index (χ4n) is 4.59. The molecule has 0 aliphatic carbocycles. The molecular weight excluding hydrogens is 645 g/mol. The quantitative estimate of drug-likeness (QED) is 0.110. The Hall–Kier alpha value is -1.59. The van der Waals surface area contributed by atoms with Crippen molar-refractivity contribution in [2.45, 2.75) is 38.8 Å². The molecule has 3 rings (SSSR count). The zero-order chi connectivity index (χ0) is 29.9. The van der Waals surface area contributed by atoms with Gasteiger partial charge in [0.05, 0.1) is 32.1 Å². The summed E-state index contributed by atoms with van der Waals surface area (Å²) in [6.07, 6.45) is 3.20. The third kappa shape index (κ3) is 8.07. The van der Waals surface area contributed by atoms with Crippen molar-refractivity contribution in [1.82, 2.24) is 0 Å². The Kier molecular flexibility index (Phi) is 13.0. The highest BCUT2D eigenvalue weighted by atomic mass is 79.9. The van der Waals surface area contributed by atoms with Gasteiger partial charge in [-0.1, -0.05) is 101 Å². The smallest absolute Gasteiger partial charge is 0.313 e. The maximum Gasteiger partial charge on any atom is 0.349 e. The zero-order valence-electron chi connectivity index (χ0n) is 23.8. The molecule has 0 fully saturated rings. The van der Waals surface area contributed by atoms with Gasteiger partial charge in [-0.15, -0.1) is 0 Å². The number of hydrogen-bond acceptors (Lipinski definition) is 7. The van der Waals surface area contributed by atoms with Gasteiger partial charge in [-0.25, -0.2) is 0 Å². The number of rotatable bonds is 16. The molecule has 0 bridgehead atoms. The van der Waals surface area contributed by atoms with E-state index in [0.717, 1.165) is 10.0 Å². The molecule has 41 heavy (non-hydrogen) atoms. The summed E-state index contributed by atoms with van der Waals surface area (Å²) in [6.45, 7) is 6.96. The number of benzene rings is 3. The summed E-state index contributed by atoms with van der Waals surface area (Å²) in [5, 5.41) is -0.0922. The molecule has 222 valence electrons. The van der Waals surface area contributed by atoms with E-state index in [1.54, 1.807) is 33.8 Å². The summed E-state index contributed by atoms with van der Waals surface area (Å²) >= 11 is 3.55. The Bertz CT molecular complexity index is 1320. The molecule has 0 N–H and O–H groups in total. The molecule has 0 aliphatic rings. The minimum absolute atomic E-state index is 0.0570. The second kappa shape index (κ2) is 15.8. The lowest BCUT2D eigenvalue weighted by Crippen LogP contribution is -2.21. The second-order valence-corrected chi connectivity index (χ2v) is 17.4. The van der Waals surface area contributed by atoms with E-state index in [1.165, 1.54) is 6.08 Å². The van der Waals surface area contributed by atoms with Gasteiger partial charge in [0.15, 0.2) is 12.5 Å². The standard InChI is InChI=1S/C30H38BrO7P3/c1-5-35-40(33,36-6-2)30(41(34,37-7-3)38-8-4)23-22-29(25-16-15-17-26(31)24-25)39(32,27-18-11-9-12-19-27)28-20-13-10-14-21-28/h9-24,29-30H,5-8H2,1-4H3/b23-22+. The highest BCUT2D eigenvalue weighted by molar-refractivity contribution is 9.10. The Balaban J connectivity index is 2.35. The van der Waals surface area contributed by atoms with Crippen molar-refractivity contribution >= 4 is 48.9 Å². The average molecular weight is 683 g/mol. The minimum atomic E-state index is -4.06. The number of allylic oxidation sites excluding steroid dienone is 2. The number of hydrogen-bond donors (Lipinski definition) is 0. The Labute approximate surface area is 252 Å². The average Bonchev–Trinajstić information content (AvgIpc) is 2.96. The van der Waals surface area contributed by atoms with E-state index in [9.17, 15) is 9.13 Å². The summed E-state index contributed by atoms with van der Waals surface area (Å²) in [5.41, 5.74) is 0.0106. The zero-order valence-corrected chi connectivity index (χ0v) is 28.1. The van der Waals surface area contributed by atoms with Crippen molar-refractivity contribution in [1.29, 1.82) is 0 Å². The molecule has 0 radical (unpaired) electrons. The monoisotopic (exact) mass is 682 g/mol. The van der Waals surface area contributed by atoms with Crippen LogP contribution in [0.3, 0.4) is 0 Å². The highest BCUT2D eigenvalue weighted by Crippen LogP contribution is 2.71. The Morgan fingerprint density at radius 3 is 1.46 bits per heavy atom. The van der Waals surface area contributed by atoms with Crippen LogP contribution in [0, 0.1) is 0 Å². The maximum atomic E-state index is 15.5. The molecular formula is C30H38BrO7P3. The summed E-state index contributed by atoms with van der Waals surface area (Å²) in [7, 11) is -11.6. The first-order valence-electron chi connectivity index (χ1n) is 13.6. The topological polar surface area (TPSA) is 88.1 Å². The van der Waals surface area contributed by atoms with E-state index in [2.05, 4.69) is 15.9 Å². The molecule has 7 nitrogen and oxygen atoms in total. The predicted octanol–water partition coefficient (Wildman–Crippen LogP) is 8.92. The molecule has 0 saturated heterocycles. The van der Waals surface area contributed by atoms with Gasteiger partial charge in [0.25, 0.3) is 0 Å². The highest BCUT2D eigenvalue weighted by Gasteiger charge is 2.50. The Morgan fingerprint density at radius 1 is 0.634 bits per heavy atom. The molecule has 1 atom stereocenters. The van der Waals surface area contributed by atoms with Gasteiger partial charge in [-0.05, 0) is 45.4 Å². The largest absolute Gasteiger partial charge is 0.349 e. The van der Waals surface area contributed by atoms with Crippen LogP contribution in [-0.2, 0) is 31.8 Å². The van der Waals surface area contributed by atoms with Crippen LogP contribution in [0.2, 0.25) is 0 Å². The summed E-state index contributed by atoms with van der Waals surface area (Å²) in [6, 6.07) is 26.1. The van der Waals surface area contributed by atoms with E-state index < -0.39 is 33.4 Å². The van der Waals surface area contributed by atoms with Crippen molar-refractivity contribution in [2.24, 2.45) is 0 Å². The lowest BCUT2D eigenvalue weighted by Gasteiger charge is -2.31. The third-order valence-electron chi connectivity index (χ3n) is 6.21. The van der Waals surface area contributed by atoms with Crippen molar-refractivity contribution in [3.8, 4) is 0 Å². The van der Waals surface area contributed by atoms with Crippen LogP contribution in [0.25, 0.3) is 0 Å². The van der Waals surface area contributed by atoms with Crippen LogP contribution >= 0.6 is 38.3 Å². The van der Waals surface area contributed by atoms with Crippen molar-refractivity contribution in [3.05, 3.63) is 107 Å². The molecule has 3 aromatic carbocycles. The van der Waals surface area contributed by atoms with Crippen LogP contribution < -0.4 is 10.6 Å². The van der Waals surface area contributed by atoms with Crippen molar-refractivity contribution in [3.63, 3.8) is 0 Å². The SMILES string of the molecule is CCOP(=O)(OCC)C(/C=C/C(c1cccc(Br)c1)P(=O)(c1ccccc1)c1ccccc1)P(=O)(OCC)OCC. The van der Waals surface area contributed by atoms with E-state index in [-0.39, 0.29) is 26.4 Å². The van der Waals surface area contributed by atoms with Gasteiger partial charge < -0.3 is 22.7 Å². The summed E-state index contributed by atoms with van der Waals surface area (Å²) in [5.74, 6) is 0. The summed E-state index contributed by atoms with van der Waals surface area (Å²) in [4.78, 5) is 0. The second-order valence-electron chi connectivity index (χ2n) is 8.88. The van der Waals surface area contributed by atoms with Gasteiger partial charge in [0, 0.05) is 15.1 Å². The first-order chi connectivity index (χ1) is 19.7. The molecule has 0 aromatic heterocycles. The third-order valence-corrected chi connectivity index (χ3v) is 15.9. The number of halogens is 1. The predicted molar refractivity (Wildman–Crippen MR) is 171 cm³/mol. The van der Waals surface area contributed by atoms with Crippen LogP contribution in [-0.4, -0.2) is 31.8 Å². The minimum Gasteiger partial charge on any atom is -0.313 e. The van der Waals surface area contributed by atoms with E-state index in [1.807, 2.05) is 84.9 Å². The molecule has 0 aliphatic heterocycles. The van der Waals surface area contributed by atoms with Gasteiger partial charge in [0.1, 0.15) is 0 Å². The fourth-order valence-corrected chi connectivity index (χ4v) is 13.1. The van der Waals surface area contributed by atoms with E-state index in [4.69, 9.17) is 18.1 Å². The molecule has 11 heteroatoms. The Morgan fingerprint density at radius 2 is 1.07 bits per heavy atom. The molecule has 0 spiro atoms. The maximum absolute atomic E-state index is 15.5. The van der Waals surface area contributed by atoms with Crippen molar-refractivity contribution < 1.29 is 31.8 Å². The van der Waals surface area contributed by atoms with Gasteiger partial charge in [-0.3, -0.25) is 9.13 Å². The fraction of sp³-hybridized carbons (Fsp3) is 0.333. The first-order valence-corrected chi connectivity index (χ1v) is 19.4. The van der Waals surface area contributed by atoms with Crippen LogP contribution in [0.15, 0.2) is 102 Å². The molecule has 1 unspecified atom stereocenters. The molecule has 0 amide bonds. The van der Waals surface area contributed by atoms with Crippen LogP contribution in [0.1, 0.15) is 38.9 Å². The van der Waals surface area contributed by atoms with E-state index in [0.29, 0.717) is 10.6 Å². The van der Waals surface area contributed by atoms with Gasteiger partial charge >= 0.3 is 15.2 Å². The molecule has 3 aromatic rings. The molecule has 0 saturated carbocycles. The van der Waals surface area contributed by atoms with Gasteiger partial charge in [-0.2, -0.15) is 0 Å². The first kappa shape index (κ1) is 33.9. The van der Waals surface area contributed by atoms with Crippen molar-refractivity contribution in [2.75, 3.05) is 26.4 Å². The molecule has 0 heterocycles. The van der Waals surface area contributed by atoms with Crippen LogP contribution in [0.4, 0.5) is 0 Å². The lowest BCUT2D eigenvalue weighted by atomic mass is 10.1. The lowest BCUT2D eigenvalue weighted by molar-refractivity contribution is 0.200. The van der Waals surface area contributed by atoms with E-state index >= 15 is 4.57 Å². The normalized spacial score (nSPS) is 13.6. The van der Waals surface area contributed by atoms with Gasteiger partial charge in [0.2, 0.25) is 0 Å². The summed E-state index contributed by atoms with van der Waals surface area (Å²) < 4.78 is 67.3. The van der Waals surface area contributed by atoms with Crippen LogP contribution in [0.5, 0.6) is 0 Å².